The van der Waals surface area contributed by atoms with Gasteiger partial charge >= 0.3 is 0 Å². The van der Waals surface area contributed by atoms with Crippen molar-refractivity contribution < 1.29 is 9.53 Å². The summed E-state index contributed by atoms with van der Waals surface area (Å²) in [4.78, 5) is 12.3. The molecule has 5 heteroatoms. The minimum Gasteiger partial charge on any atom is -0.494 e. The van der Waals surface area contributed by atoms with Crippen molar-refractivity contribution in [1.82, 2.24) is 4.57 Å². The van der Waals surface area contributed by atoms with Crippen molar-refractivity contribution in [1.29, 1.82) is 0 Å². The lowest BCUT2D eigenvalue weighted by Gasteiger charge is -2.09. The first-order valence-corrected chi connectivity index (χ1v) is 7.83. The lowest BCUT2D eigenvalue weighted by molar-refractivity contribution is 0.101. The van der Waals surface area contributed by atoms with Crippen LogP contribution in [0.5, 0.6) is 5.75 Å². The molecule has 0 bridgehead atoms. The van der Waals surface area contributed by atoms with Gasteiger partial charge in [-0.1, -0.05) is 6.92 Å². The number of nitrogens with zero attached hydrogens (tertiary/aromatic N) is 1. The molecule has 0 saturated heterocycles. The molecule has 0 fully saturated rings. The summed E-state index contributed by atoms with van der Waals surface area (Å²) in [7, 11) is 0. The second-order valence-corrected chi connectivity index (χ2v) is 5.56. The first-order valence-electron chi connectivity index (χ1n) is 7.04. The summed E-state index contributed by atoms with van der Waals surface area (Å²) >= 11 is 3.42. The number of halogens is 1. The summed E-state index contributed by atoms with van der Waals surface area (Å²) in [6.07, 6.45) is 2.90. The standard InChI is InChI=1S/C16H19BrN2O2/c1-3-9-19-11-12(17)10-15(19)16(20)18-13-5-7-14(8-6-13)21-4-2/h5-8,10-11H,3-4,9H2,1-2H3,(H,18,20). The molecule has 0 spiro atoms. The lowest BCUT2D eigenvalue weighted by atomic mass is 10.3. The lowest BCUT2D eigenvalue weighted by Crippen LogP contribution is -2.16. The topological polar surface area (TPSA) is 43.3 Å². The fourth-order valence-electron chi connectivity index (χ4n) is 2.09. The summed E-state index contributed by atoms with van der Waals surface area (Å²) < 4.78 is 8.24. The van der Waals surface area contributed by atoms with Crippen molar-refractivity contribution in [3.63, 3.8) is 0 Å². The maximum atomic E-state index is 12.3. The van der Waals surface area contributed by atoms with Crippen LogP contribution in [-0.4, -0.2) is 17.1 Å². The zero-order valence-electron chi connectivity index (χ0n) is 12.2. The fourth-order valence-corrected chi connectivity index (χ4v) is 2.55. The van der Waals surface area contributed by atoms with Gasteiger partial charge < -0.3 is 14.6 Å². The van der Waals surface area contributed by atoms with Gasteiger partial charge in [-0.3, -0.25) is 4.79 Å². The zero-order chi connectivity index (χ0) is 15.2. The van der Waals surface area contributed by atoms with Crippen LogP contribution in [0.1, 0.15) is 30.8 Å². The van der Waals surface area contributed by atoms with Gasteiger partial charge in [0, 0.05) is 22.9 Å². The number of aromatic nitrogens is 1. The Morgan fingerprint density at radius 3 is 2.62 bits per heavy atom. The summed E-state index contributed by atoms with van der Waals surface area (Å²) in [6.45, 7) is 5.47. The molecule has 1 heterocycles. The molecule has 0 unspecified atom stereocenters. The number of aryl methyl sites for hydroxylation is 1. The number of benzene rings is 1. The maximum Gasteiger partial charge on any atom is 0.272 e. The number of amides is 1. The normalized spacial score (nSPS) is 10.4. The Bertz CT molecular complexity index is 605. The number of ether oxygens (including phenoxy) is 1. The number of hydrogen-bond acceptors (Lipinski definition) is 2. The van der Waals surface area contributed by atoms with E-state index in [1.807, 2.05) is 48.0 Å². The molecule has 0 aliphatic rings. The number of carbonyl (C=O) groups excluding carboxylic acids is 1. The molecule has 0 atom stereocenters. The van der Waals surface area contributed by atoms with E-state index in [0.717, 1.165) is 28.9 Å². The van der Waals surface area contributed by atoms with Gasteiger partial charge in [0.05, 0.1) is 6.61 Å². The van der Waals surface area contributed by atoms with E-state index in [9.17, 15) is 4.79 Å². The van der Waals surface area contributed by atoms with Gasteiger partial charge in [0.2, 0.25) is 0 Å². The van der Waals surface area contributed by atoms with Crippen LogP contribution in [0.3, 0.4) is 0 Å². The Labute approximate surface area is 133 Å². The van der Waals surface area contributed by atoms with E-state index < -0.39 is 0 Å². The van der Waals surface area contributed by atoms with Crippen LogP contribution in [0.25, 0.3) is 0 Å². The molecule has 0 aliphatic heterocycles. The second-order valence-electron chi connectivity index (χ2n) is 4.65. The van der Waals surface area contributed by atoms with E-state index in [2.05, 4.69) is 28.2 Å². The molecule has 1 N–H and O–H groups in total. The first kappa shape index (κ1) is 15.6. The van der Waals surface area contributed by atoms with E-state index in [1.54, 1.807) is 0 Å². The molecule has 1 amide bonds. The predicted molar refractivity (Wildman–Crippen MR) is 88.0 cm³/mol. The first-order chi connectivity index (χ1) is 10.1. The van der Waals surface area contributed by atoms with Gasteiger partial charge in [-0.2, -0.15) is 0 Å². The van der Waals surface area contributed by atoms with Crippen LogP contribution >= 0.6 is 15.9 Å². The third-order valence-corrected chi connectivity index (χ3v) is 3.42. The average Bonchev–Trinajstić information content (AvgIpc) is 2.83. The molecule has 2 rings (SSSR count). The monoisotopic (exact) mass is 350 g/mol. The quantitative estimate of drug-likeness (QED) is 0.843. The van der Waals surface area contributed by atoms with Crippen molar-refractivity contribution >= 4 is 27.5 Å². The minimum absolute atomic E-state index is 0.113. The van der Waals surface area contributed by atoms with E-state index in [1.165, 1.54) is 0 Å². The Morgan fingerprint density at radius 2 is 2.00 bits per heavy atom. The van der Waals surface area contributed by atoms with Crippen LogP contribution in [-0.2, 0) is 6.54 Å². The van der Waals surface area contributed by atoms with Crippen molar-refractivity contribution in [2.75, 3.05) is 11.9 Å². The summed E-state index contributed by atoms with van der Waals surface area (Å²) in [5.41, 5.74) is 1.40. The van der Waals surface area contributed by atoms with Crippen LogP contribution < -0.4 is 10.1 Å². The van der Waals surface area contributed by atoms with Gasteiger partial charge in [-0.25, -0.2) is 0 Å². The van der Waals surface area contributed by atoms with Gasteiger partial charge in [-0.15, -0.1) is 0 Å². The van der Waals surface area contributed by atoms with Crippen LogP contribution in [0.4, 0.5) is 5.69 Å². The van der Waals surface area contributed by atoms with Crippen LogP contribution in [0.2, 0.25) is 0 Å². The van der Waals surface area contributed by atoms with Crippen LogP contribution in [0.15, 0.2) is 41.0 Å². The van der Waals surface area contributed by atoms with E-state index >= 15 is 0 Å². The Hall–Kier alpha value is -1.75. The van der Waals surface area contributed by atoms with E-state index in [0.29, 0.717) is 12.3 Å². The molecule has 0 aliphatic carbocycles. The van der Waals surface area contributed by atoms with Gasteiger partial charge in [0.25, 0.3) is 5.91 Å². The van der Waals surface area contributed by atoms with E-state index in [-0.39, 0.29) is 5.91 Å². The molecule has 112 valence electrons. The molecule has 1 aromatic carbocycles. The molecular weight excluding hydrogens is 332 g/mol. The Balaban J connectivity index is 2.10. The summed E-state index contributed by atoms with van der Waals surface area (Å²) in [5, 5.41) is 2.90. The molecule has 2 aromatic rings. The van der Waals surface area contributed by atoms with Crippen molar-refractivity contribution in [2.24, 2.45) is 0 Å². The van der Waals surface area contributed by atoms with Crippen LogP contribution in [0, 0.1) is 0 Å². The highest BCUT2D eigenvalue weighted by atomic mass is 79.9. The fraction of sp³-hybridized carbons (Fsp3) is 0.312. The number of anilines is 1. The van der Waals surface area contributed by atoms with E-state index in [4.69, 9.17) is 4.74 Å². The van der Waals surface area contributed by atoms with Crippen molar-refractivity contribution in [2.45, 2.75) is 26.8 Å². The Morgan fingerprint density at radius 1 is 1.29 bits per heavy atom. The predicted octanol–water partition coefficient (Wildman–Crippen LogP) is 4.31. The zero-order valence-corrected chi connectivity index (χ0v) is 13.8. The van der Waals surface area contributed by atoms with Gasteiger partial charge in [0.15, 0.2) is 0 Å². The second kappa shape index (κ2) is 7.31. The molecule has 0 radical (unpaired) electrons. The highest BCUT2D eigenvalue weighted by Gasteiger charge is 2.13. The maximum absolute atomic E-state index is 12.3. The summed E-state index contributed by atoms with van der Waals surface area (Å²) in [6, 6.07) is 9.20. The average molecular weight is 351 g/mol. The Kier molecular flexibility index (Phi) is 5.44. The number of hydrogen-bond donors (Lipinski definition) is 1. The highest BCUT2D eigenvalue weighted by Crippen LogP contribution is 2.19. The van der Waals surface area contributed by atoms with Crippen molar-refractivity contribution in [3.05, 3.63) is 46.7 Å². The SMILES string of the molecule is CCCn1cc(Br)cc1C(=O)Nc1ccc(OCC)cc1. The summed E-state index contributed by atoms with van der Waals surface area (Å²) in [5.74, 6) is 0.686. The van der Waals surface area contributed by atoms with Gasteiger partial charge in [0.1, 0.15) is 11.4 Å². The highest BCUT2D eigenvalue weighted by molar-refractivity contribution is 9.10. The molecular formula is C16H19BrN2O2. The number of carbonyl (C=O) groups is 1. The third-order valence-electron chi connectivity index (χ3n) is 2.98. The smallest absolute Gasteiger partial charge is 0.272 e. The largest absolute Gasteiger partial charge is 0.494 e. The number of nitrogens with one attached hydrogen (secondary N) is 1. The third kappa shape index (κ3) is 4.11. The van der Waals surface area contributed by atoms with Gasteiger partial charge in [-0.05, 0) is 59.6 Å². The molecule has 1 aromatic heterocycles. The molecule has 0 saturated carbocycles. The number of rotatable bonds is 6. The molecule has 21 heavy (non-hydrogen) atoms. The van der Waals surface area contributed by atoms with Crippen molar-refractivity contribution in [3.8, 4) is 5.75 Å². The molecule has 4 nitrogen and oxygen atoms in total. The minimum atomic E-state index is -0.113.